The Hall–Kier alpha value is -0.100. The highest BCUT2D eigenvalue weighted by atomic mass is 127. The number of halogens is 2. The van der Waals surface area contributed by atoms with Crippen molar-refractivity contribution in [2.45, 2.75) is 6.42 Å². The van der Waals surface area contributed by atoms with Crippen LogP contribution in [0.5, 0.6) is 0 Å². The van der Waals surface area contributed by atoms with Gasteiger partial charge in [-0.2, -0.15) is 0 Å². The molecule has 0 aliphatic carbocycles. The third-order valence-corrected chi connectivity index (χ3v) is 3.68. The van der Waals surface area contributed by atoms with Gasteiger partial charge in [0, 0.05) is 8.04 Å². The predicted molar refractivity (Wildman–Crippen MR) is 58.2 cm³/mol. The van der Waals surface area contributed by atoms with E-state index in [2.05, 4.69) is 38.5 Å². The van der Waals surface area contributed by atoms with Gasteiger partial charge in [0.2, 0.25) is 0 Å². The van der Waals surface area contributed by atoms with Crippen molar-refractivity contribution in [1.29, 1.82) is 0 Å². The molecule has 0 radical (unpaired) electrons. The fourth-order valence-electron chi connectivity index (χ4n) is 0.824. The molecule has 2 nitrogen and oxygen atoms in total. The van der Waals surface area contributed by atoms with Gasteiger partial charge in [0.25, 0.3) is 0 Å². The summed E-state index contributed by atoms with van der Waals surface area (Å²) in [5, 5.41) is 8.51. The zero-order chi connectivity index (χ0) is 9.14. The lowest BCUT2D eigenvalue weighted by atomic mass is 10.2. The van der Waals surface area contributed by atoms with Crippen LogP contribution in [-0.4, -0.2) is 11.1 Å². The molecular formula is C8H6BrIO2. The van der Waals surface area contributed by atoms with Crippen LogP contribution in [0.3, 0.4) is 0 Å². The lowest BCUT2D eigenvalue weighted by Gasteiger charge is -1.99. The zero-order valence-corrected chi connectivity index (χ0v) is 9.79. The molecule has 0 fully saturated rings. The maximum absolute atomic E-state index is 10.3. The quantitative estimate of drug-likeness (QED) is 0.840. The van der Waals surface area contributed by atoms with Gasteiger partial charge in [0.1, 0.15) is 0 Å². The number of hydrogen-bond acceptors (Lipinski definition) is 1. The molecule has 4 heteroatoms. The van der Waals surface area contributed by atoms with Crippen molar-refractivity contribution in [2.75, 3.05) is 0 Å². The van der Waals surface area contributed by atoms with Gasteiger partial charge in [-0.05, 0) is 56.2 Å². The molecule has 64 valence electrons. The van der Waals surface area contributed by atoms with Crippen LogP contribution >= 0.6 is 38.5 Å². The maximum atomic E-state index is 10.3. The second kappa shape index (κ2) is 4.23. The molecule has 0 saturated heterocycles. The minimum Gasteiger partial charge on any atom is -0.481 e. The summed E-state index contributed by atoms with van der Waals surface area (Å²) in [6.45, 7) is 0. The number of rotatable bonds is 2. The molecule has 0 unspecified atom stereocenters. The van der Waals surface area contributed by atoms with Crippen LogP contribution in [0.4, 0.5) is 0 Å². The van der Waals surface area contributed by atoms with Crippen LogP contribution < -0.4 is 0 Å². The Morgan fingerprint density at radius 2 is 2.25 bits per heavy atom. The van der Waals surface area contributed by atoms with E-state index in [9.17, 15) is 4.79 Å². The van der Waals surface area contributed by atoms with Crippen LogP contribution in [0, 0.1) is 3.57 Å². The van der Waals surface area contributed by atoms with E-state index in [0.29, 0.717) is 0 Å². The molecule has 0 spiro atoms. The Morgan fingerprint density at radius 1 is 1.58 bits per heavy atom. The number of hydrogen-bond donors (Lipinski definition) is 1. The summed E-state index contributed by atoms with van der Waals surface area (Å²) in [6.07, 6.45) is 0.0789. The second-order valence-corrected chi connectivity index (χ2v) is 4.34. The van der Waals surface area contributed by atoms with E-state index in [1.807, 2.05) is 18.2 Å². The molecule has 0 aliphatic rings. The average Bonchev–Trinajstić information content (AvgIpc) is 1.96. The van der Waals surface area contributed by atoms with Gasteiger partial charge in [-0.25, -0.2) is 0 Å². The fourth-order valence-corrected chi connectivity index (χ4v) is 1.59. The largest absolute Gasteiger partial charge is 0.481 e. The first-order valence-corrected chi connectivity index (χ1v) is 5.12. The molecule has 1 rings (SSSR count). The predicted octanol–water partition coefficient (Wildman–Crippen LogP) is 2.68. The highest BCUT2D eigenvalue weighted by Crippen LogP contribution is 2.20. The monoisotopic (exact) mass is 340 g/mol. The molecular weight excluding hydrogens is 335 g/mol. The van der Waals surface area contributed by atoms with Crippen molar-refractivity contribution in [3.8, 4) is 0 Å². The van der Waals surface area contributed by atoms with Gasteiger partial charge in [0.05, 0.1) is 6.42 Å². The van der Waals surface area contributed by atoms with E-state index in [1.54, 1.807) is 0 Å². The number of carboxylic acid groups (broad SMARTS) is 1. The Bertz CT molecular complexity index is 312. The highest BCUT2D eigenvalue weighted by Gasteiger charge is 2.02. The zero-order valence-electron chi connectivity index (χ0n) is 6.05. The van der Waals surface area contributed by atoms with Crippen molar-refractivity contribution in [3.05, 3.63) is 31.8 Å². The van der Waals surface area contributed by atoms with Gasteiger partial charge in [-0.1, -0.05) is 6.07 Å². The Balaban J connectivity index is 2.89. The summed E-state index contributed by atoms with van der Waals surface area (Å²) in [5.41, 5.74) is 0.815. The third kappa shape index (κ3) is 2.75. The maximum Gasteiger partial charge on any atom is 0.307 e. The molecule has 1 aromatic carbocycles. The van der Waals surface area contributed by atoms with E-state index in [0.717, 1.165) is 13.6 Å². The first-order valence-electron chi connectivity index (χ1n) is 3.25. The van der Waals surface area contributed by atoms with Crippen LogP contribution in [0.1, 0.15) is 5.56 Å². The summed E-state index contributed by atoms with van der Waals surface area (Å²) in [6, 6.07) is 5.54. The number of carboxylic acids is 1. The summed E-state index contributed by atoms with van der Waals surface area (Å²) >= 11 is 5.52. The average molecular weight is 341 g/mol. The molecule has 0 aromatic heterocycles. The molecule has 1 aromatic rings. The van der Waals surface area contributed by atoms with Crippen molar-refractivity contribution in [1.82, 2.24) is 0 Å². The molecule has 0 saturated carbocycles. The second-order valence-electron chi connectivity index (χ2n) is 2.32. The molecule has 0 amide bonds. The Labute approximate surface area is 92.2 Å². The van der Waals surface area contributed by atoms with Crippen LogP contribution in [0.15, 0.2) is 22.7 Å². The number of benzene rings is 1. The Kier molecular flexibility index (Phi) is 3.52. The standard InChI is InChI=1S/C8H6BrIO2/c9-6-3-5(4-8(11)12)1-2-7(6)10/h1-3H,4H2,(H,11,12). The highest BCUT2D eigenvalue weighted by molar-refractivity contribution is 14.1. The van der Waals surface area contributed by atoms with Crippen LogP contribution in [0.2, 0.25) is 0 Å². The minimum atomic E-state index is -0.803. The van der Waals surface area contributed by atoms with Gasteiger partial charge in [0.15, 0.2) is 0 Å². The summed E-state index contributed by atoms with van der Waals surface area (Å²) in [4.78, 5) is 10.3. The lowest BCUT2D eigenvalue weighted by molar-refractivity contribution is -0.136. The van der Waals surface area contributed by atoms with E-state index in [-0.39, 0.29) is 6.42 Å². The van der Waals surface area contributed by atoms with E-state index in [1.165, 1.54) is 0 Å². The molecule has 0 heterocycles. The number of carbonyl (C=O) groups is 1. The first kappa shape index (κ1) is 9.98. The summed E-state index contributed by atoms with van der Waals surface area (Å²) < 4.78 is 2.03. The summed E-state index contributed by atoms with van der Waals surface area (Å²) in [7, 11) is 0. The topological polar surface area (TPSA) is 37.3 Å². The van der Waals surface area contributed by atoms with Gasteiger partial charge >= 0.3 is 5.97 Å². The van der Waals surface area contributed by atoms with Gasteiger partial charge in [-0.3, -0.25) is 4.79 Å². The minimum absolute atomic E-state index is 0.0789. The smallest absolute Gasteiger partial charge is 0.307 e. The summed E-state index contributed by atoms with van der Waals surface area (Å²) in [5.74, 6) is -0.803. The normalized spacial score (nSPS) is 9.83. The Morgan fingerprint density at radius 3 is 2.75 bits per heavy atom. The van der Waals surface area contributed by atoms with E-state index >= 15 is 0 Å². The molecule has 0 atom stereocenters. The van der Waals surface area contributed by atoms with E-state index < -0.39 is 5.97 Å². The molecule has 0 bridgehead atoms. The fraction of sp³-hybridized carbons (Fsp3) is 0.125. The van der Waals surface area contributed by atoms with Crippen molar-refractivity contribution in [2.24, 2.45) is 0 Å². The van der Waals surface area contributed by atoms with Crippen molar-refractivity contribution < 1.29 is 9.90 Å². The first-order chi connectivity index (χ1) is 5.59. The van der Waals surface area contributed by atoms with Crippen molar-refractivity contribution >= 4 is 44.5 Å². The van der Waals surface area contributed by atoms with Gasteiger partial charge < -0.3 is 5.11 Å². The van der Waals surface area contributed by atoms with Crippen molar-refractivity contribution in [3.63, 3.8) is 0 Å². The molecule has 1 N–H and O–H groups in total. The molecule has 0 aliphatic heterocycles. The SMILES string of the molecule is O=C(O)Cc1ccc(I)c(Br)c1. The van der Waals surface area contributed by atoms with Crippen LogP contribution in [-0.2, 0) is 11.2 Å². The lowest BCUT2D eigenvalue weighted by Crippen LogP contribution is -1.99. The van der Waals surface area contributed by atoms with Crippen LogP contribution in [0.25, 0.3) is 0 Å². The van der Waals surface area contributed by atoms with Gasteiger partial charge in [-0.15, -0.1) is 0 Å². The molecule has 12 heavy (non-hydrogen) atoms. The third-order valence-electron chi connectivity index (χ3n) is 1.34. The van der Waals surface area contributed by atoms with E-state index in [4.69, 9.17) is 5.11 Å². The number of aliphatic carboxylic acids is 1.